The Hall–Kier alpha value is -2.43. The van der Waals surface area contributed by atoms with E-state index in [-0.39, 0.29) is 11.8 Å². The second-order valence-electron chi connectivity index (χ2n) is 3.97. The van der Waals surface area contributed by atoms with Gasteiger partial charge in [0.2, 0.25) is 0 Å². The smallest absolute Gasteiger partial charge is 0.316 e. The molecule has 0 spiro atoms. The number of hydrogen-bond acceptors (Lipinski definition) is 5. The fraction of sp³-hybridized carbons (Fsp3) is 0.214. The van der Waals surface area contributed by atoms with Gasteiger partial charge in [0.1, 0.15) is 5.75 Å². The van der Waals surface area contributed by atoms with Crippen LogP contribution in [-0.2, 0) is 0 Å². The van der Waals surface area contributed by atoms with E-state index < -0.39 is 0 Å². The summed E-state index contributed by atoms with van der Waals surface area (Å²) in [6.07, 6.45) is 2.90. The van der Waals surface area contributed by atoms with Gasteiger partial charge in [-0.3, -0.25) is 4.79 Å². The van der Waals surface area contributed by atoms with E-state index >= 15 is 0 Å². The molecule has 0 fully saturated rings. The topological polar surface area (TPSA) is 61.3 Å². The van der Waals surface area contributed by atoms with Crippen LogP contribution < -0.4 is 9.47 Å². The lowest BCUT2D eigenvalue weighted by atomic mass is 10.0. The standard InChI is InChI=1S/C14H14N2O3/c1-9-6-10(4-5-12(9)18-2)13(17)11-7-15-14(19-3)16-8-11/h4-8H,1-3H3. The summed E-state index contributed by atoms with van der Waals surface area (Å²) in [5, 5.41) is 0. The normalized spacial score (nSPS) is 10.1. The molecular weight excluding hydrogens is 244 g/mol. The van der Waals surface area contributed by atoms with Crippen LogP contribution in [0, 0.1) is 6.92 Å². The fourth-order valence-corrected chi connectivity index (χ4v) is 1.73. The van der Waals surface area contributed by atoms with Crippen molar-refractivity contribution in [3.05, 3.63) is 47.3 Å². The third-order valence-electron chi connectivity index (χ3n) is 2.73. The molecule has 0 aliphatic carbocycles. The van der Waals surface area contributed by atoms with E-state index in [1.807, 2.05) is 6.92 Å². The molecule has 0 N–H and O–H groups in total. The molecule has 0 saturated carbocycles. The second-order valence-corrected chi connectivity index (χ2v) is 3.97. The van der Waals surface area contributed by atoms with E-state index in [2.05, 4.69) is 9.97 Å². The predicted octanol–water partition coefficient (Wildman–Crippen LogP) is 2.03. The minimum atomic E-state index is -0.131. The first kappa shape index (κ1) is 13.0. The molecule has 1 aromatic carbocycles. The molecular formula is C14H14N2O3. The van der Waals surface area contributed by atoms with Gasteiger partial charge in [0.15, 0.2) is 5.78 Å². The first-order valence-electron chi connectivity index (χ1n) is 5.71. The summed E-state index contributed by atoms with van der Waals surface area (Å²) in [4.78, 5) is 20.1. The van der Waals surface area contributed by atoms with Crippen LogP contribution in [0.3, 0.4) is 0 Å². The average Bonchev–Trinajstić information content (AvgIpc) is 2.46. The van der Waals surface area contributed by atoms with Crippen LogP contribution in [0.25, 0.3) is 0 Å². The molecule has 5 heteroatoms. The number of carbonyl (C=O) groups is 1. The molecule has 0 radical (unpaired) electrons. The summed E-state index contributed by atoms with van der Waals surface area (Å²) >= 11 is 0. The van der Waals surface area contributed by atoms with Gasteiger partial charge in [-0.05, 0) is 30.7 Å². The Labute approximate surface area is 111 Å². The number of aromatic nitrogens is 2. The lowest BCUT2D eigenvalue weighted by molar-refractivity contribution is 0.103. The fourth-order valence-electron chi connectivity index (χ4n) is 1.73. The van der Waals surface area contributed by atoms with Gasteiger partial charge in [0, 0.05) is 18.0 Å². The van der Waals surface area contributed by atoms with E-state index in [0.29, 0.717) is 11.1 Å². The van der Waals surface area contributed by atoms with Gasteiger partial charge in [-0.2, -0.15) is 0 Å². The molecule has 0 unspecified atom stereocenters. The number of rotatable bonds is 4. The van der Waals surface area contributed by atoms with Crippen LogP contribution in [0.5, 0.6) is 11.8 Å². The maximum Gasteiger partial charge on any atom is 0.316 e. The van der Waals surface area contributed by atoms with Crippen LogP contribution in [0.1, 0.15) is 21.5 Å². The molecule has 5 nitrogen and oxygen atoms in total. The summed E-state index contributed by atoms with van der Waals surface area (Å²) in [5.41, 5.74) is 1.90. The third-order valence-corrected chi connectivity index (χ3v) is 2.73. The van der Waals surface area contributed by atoms with Crippen LogP contribution in [-0.4, -0.2) is 30.0 Å². The average molecular weight is 258 g/mol. The molecule has 0 aliphatic heterocycles. The van der Waals surface area contributed by atoms with Gasteiger partial charge in [-0.1, -0.05) is 0 Å². The van der Waals surface area contributed by atoms with E-state index in [9.17, 15) is 4.79 Å². The van der Waals surface area contributed by atoms with Gasteiger partial charge < -0.3 is 9.47 Å². The summed E-state index contributed by atoms with van der Waals surface area (Å²) in [6.45, 7) is 1.89. The Morgan fingerprint density at radius 3 is 2.26 bits per heavy atom. The van der Waals surface area contributed by atoms with Crippen molar-refractivity contribution < 1.29 is 14.3 Å². The Morgan fingerprint density at radius 2 is 1.74 bits per heavy atom. The number of benzene rings is 1. The van der Waals surface area contributed by atoms with Crippen molar-refractivity contribution in [1.29, 1.82) is 0 Å². The zero-order valence-electron chi connectivity index (χ0n) is 11.0. The van der Waals surface area contributed by atoms with Crippen molar-refractivity contribution in [2.24, 2.45) is 0 Å². The van der Waals surface area contributed by atoms with Crippen LogP contribution in [0.2, 0.25) is 0 Å². The highest BCUT2D eigenvalue weighted by Crippen LogP contribution is 2.20. The molecule has 98 valence electrons. The SMILES string of the molecule is COc1ncc(C(=O)c2ccc(OC)c(C)c2)cn1. The van der Waals surface area contributed by atoms with Gasteiger partial charge in [0.05, 0.1) is 19.8 Å². The van der Waals surface area contributed by atoms with E-state index in [4.69, 9.17) is 9.47 Å². The van der Waals surface area contributed by atoms with Crippen molar-refractivity contribution >= 4 is 5.78 Å². The largest absolute Gasteiger partial charge is 0.496 e. The zero-order valence-corrected chi connectivity index (χ0v) is 11.0. The van der Waals surface area contributed by atoms with E-state index in [1.165, 1.54) is 19.5 Å². The number of aryl methyl sites for hydroxylation is 1. The quantitative estimate of drug-likeness (QED) is 0.785. The van der Waals surface area contributed by atoms with Gasteiger partial charge in [-0.25, -0.2) is 9.97 Å². The Bertz CT molecular complexity index is 594. The number of methoxy groups -OCH3 is 2. The summed E-state index contributed by atoms with van der Waals surface area (Å²) in [5.74, 6) is 0.621. The minimum Gasteiger partial charge on any atom is -0.496 e. The summed E-state index contributed by atoms with van der Waals surface area (Å²) in [7, 11) is 3.07. The van der Waals surface area contributed by atoms with Crippen molar-refractivity contribution in [3.8, 4) is 11.8 Å². The van der Waals surface area contributed by atoms with Gasteiger partial charge in [0.25, 0.3) is 0 Å². The first-order chi connectivity index (χ1) is 9.15. The molecule has 0 atom stereocenters. The lowest BCUT2D eigenvalue weighted by Crippen LogP contribution is -2.04. The molecule has 1 heterocycles. The van der Waals surface area contributed by atoms with Crippen LogP contribution in [0.4, 0.5) is 0 Å². The lowest BCUT2D eigenvalue weighted by Gasteiger charge is -2.06. The molecule has 1 aromatic heterocycles. The van der Waals surface area contributed by atoms with Crippen LogP contribution in [0.15, 0.2) is 30.6 Å². The molecule has 2 rings (SSSR count). The zero-order chi connectivity index (χ0) is 13.8. The Balaban J connectivity index is 2.30. The number of hydrogen-bond donors (Lipinski definition) is 0. The minimum absolute atomic E-state index is 0.131. The highest BCUT2D eigenvalue weighted by atomic mass is 16.5. The number of ether oxygens (including phenoxy) is 2. The highest BCUT2D eigenvalue weighted by Gasteiger charge is 2.12. The van der Waals surface area contributed by atoms with Gasteiger partial charge >= 0.3 is 6.01 Å². The number of nitrogens with zero attached hydrogens (tertiary/aromatic N) is 2. The molecule has 0 saturated heterocycles. The third kappa shape index (κ3) is 2.70. The second kappa shape index (κ2) is 5.48. The van der Waals surface area contributed by atoms with Crippen molar-refractivity contribution in [2.75, 3.05) is 14.2 Å². The molecule has 0 aliphatic rings. The van der Waals surface area contributed by atoms with Crippen molar-refractivity contribution in [1.82, 2.24) is 9.97 Å². The van der Waals surface area contributed by atoms with Crippen molar-refractivity contribution in [3.63, 3.8) is 0 Å². The Morgan fingerprint density at radius 1 is 1.05 bits per heavy atom. The molecule has 19 heavy (non-hydrogen) atoms. The van der Waals surface area contributed by atoms with Crippen molar-refractivity contribution in [2.45, 2.75) is 6.92 Å². The van der Waals surface area contributed by atoms with E-state index in [0.717, 1.165) is 11.3 Å². The van der Waals surface area contributed by atoms with Gasteiger partial charge in [-0.15, -0.1) is 0 Å². The maximum absolute atomic E-state index is 12.2. The van der Waals surface area contributed by atoms with Crippen LogP contribution >= 0.6 is 0 Å². The molecule has 2 aromatic rings. The number of ketones is 1. The van der Waals surface area contributed by atoms with E-state index in [1.54, 1.807) is 25.3 Å². The Kier molecular flexibility index (Phi) is 3.75. The highest BCUT2D eigenvalue weighted by molar-refractivity contribution is 6.08. The monoisotopic (exact) mass is 258 g/mol. The summed E-state index contributed by atoms with van der Waals surface area (Å²) < 4.78 is 10.0. The molecule has 0 amide bonds. The maximum atomic E-state index is 12.2. The molecule has 0 bridgehead atoms. The first-order valence-corrected chi connectivity index (χ1v) is 5.71. The number of carbonyl (C=O) groups excluding carboxylic acids is 1. The summed E-state index contributed by atoms with van der Waals surface area (Å²) in [6, 6.07) is 5.51. The predicted molar refractivity (Wildman–Crippen MR) is 69.7 cm³/mol.